The van der Waals surface area contributed by atoms with Crippen molar-refractivity contribution in [1.82, 2.24) is 0 Å². The Labute approximate surface area is 99.4 Å². The molecule has 16 heavy (non-hydrogen) atoms. The number of Topliss-reactive ketones (excluding diaryl/α,β-unsaturated/α-hetero) is 1. The van der Waals surface area contributed by atoms with Crippen LogP contribution in [0.4, 0.5) is 0 Å². The summed E-state index contributed by atoms with van der Waals surface area (Å²) in [6.07, 6.45) is 2.94. The number of ketones is 1. The first kappa shape index (κ1) is 10.2. The molecule has 0 amide bonds. The zero-order valence-corrected chi connectivity index (χ0v) is 9.83. The van der Waals surface area contributed by atoms with Gasteiger partial charge in [-0.25, -0.2) is 0 Å². The zero-order chi connectivity index (χ0) is 11.0. The number of ether oxygens (including phenoxy) is 1. The Balaban J connectivity index is 1.69. The molecular formula is C13H14O2S. The van der Waals surface area contributed by atoms with Crippen molar-refractivity contribution in [1.29, 1.82) is 0 Å². The van der Waals surface area contributed by atoms with Crippen molar-refractivity contribution < 1.29 is 9.53 Å². The van der Waals surface area contributed by atoms with Gasteiger partial charge in [0.25, 0.3) is 0 Å². The highest BCUT2D eigenvalue weighted by Crippen LogP contribution is 2.37. The van der Waals surface area contributed by atoms with Gasteiger partial charge >= 0.3 is 0 Å². The fourth-order valence-corrected chi connectivity index (χ4v) is 2.93. The molecule has 1 aromatic rings. The molecule has 0 spiro atoms. The molecular weight excluding hydrogens is 220 g/mol. The molecule has 84 valence electrons. The lowest BCUT2D eigenvalue weighted by atomic mass is 10.1. The van der Waals surface area contributed by atoms with Gasteiger partial charge in [0, 0.05) is 17.1 Å². The molecule has 0 aromatic heterocycles. The van der Waals surface area contributed by atoms with Crippen LogP contribution in [0, 0.1) is 5.92 Å². The van der Waals surface area contributed by atoms with E-state index in [1.165, 1.54) is 12.8 Å². The van der Waals surface area contributed by atoms with Crippen molar-refractivity contribution in [2.75, 3.05) is 5.75 Å². The normalized spacial score (nSPS) is 23.4. The molecule has 0 saturated heterocycles. The van der Waals surface area contributed by atoms with E-state index in [2.05, 4.69) is 0 Å². The first-order chi connectivity index (χ1) is 7.83. The lowest BCUT2D eigenvalue weighted by molar-refractivity contribution is -0.125. The highest BCUT2D eigenvalue weighted by Gasteiger charge is 2.31. The molecule has 1 aromatic carbocycles. The molecule has 1 heterocycles. The molecule has 2 aliphatic rings. The molecule has 2 nitrogen and oxygen atoms in total. The number of para-hydroxylation sites is 1. The van der Waals surface area contributed by atoms with Gasteiger partial charge in [-0.05, 0) is 30.9 Å². The summed E-state index contributed by atoms with van der Waals surface area (Å²) in [4.78, 5) is 13.1. The molecule has 1 atom stereocenters. The largest absolute Gasteiger partial charge is 0.481 e. The van der Waals surface area contributed by atoms with E-state index < -0.39 is 0 Å². The molecule has 0 radical (unpaired) electrons. The van der Waals surface area contributed by atoms with E-state index in [1.54, 1.807) is 11.8 Å². The molecule has 1 saturated carbocycles. The summed E-state index contributed by atoms with van der Waals surface area (Å²) < 4.78 is 5.75. The van der Waals surface area contributed by atoms with E-state index in [-0.39, 0.29) is 11.9 Å². The van der Waals surface area contributed by atoms with Crippen LogP contribution < -0.4 is 4.74 Å². The summed E-state index contributed by atoms with van der Waals surface area (Å²) in [7, 11) is 0. The van der Waals surface area contributed by atoms with Crippen molar-refractivity contribution in [3.05, 3.63) is 24.3 Å². The fourth-order valence-electron chi connectivity index (χ4n) is 1.92. The van der Waals surface area contributed by atoms with Crippen molar-refractivity contribution in [2.45, 2.75) is 30.3 Å². The molecule has 1 aliphatic carbocycles. The Morgan fingerprint density at radius 1 is 1.38 bits per heavy atom. The van der Waals surface area contributed by atoms with Crippen LogP contribution in [0.3, 0.4) is 0 Å². The molecule has 0 bridgehead atoms. The third kappa shape index (κ3) is 2.09. The predicted molar refractivity (Wildman–Crippen MR) is 63.9 cm³/mol. The van der Waals surface area contributed by atoms with E-state index >= 15 is 0 Å². The number of rotatable bonds is 3. The van der Waals surface area contributed by atoms with Gasteiger partial charge in [0.2, 0.25) is 0 Å². The van der Waals surface area contributed by atoms with E-state index in [9.17, 15) is 4.79 Å². The summed E-state index contributed by atoms with van der Waals surface area (Å²) in [5, 5.41) is 0. The standard InChI is InChI=1S/C13H14O2S/c14-10(7-9-5-6-9)12-8-16-13-4-2-1-3-11(13)15-12/h1-4,9,12H,5-8H2. The SMILES string of the molecule is O=C(CC1CC1)C1CSc2ccccc2O1. The zero-order valence-electron chi connectivity index (χ0n) is 9.02. The van der Waals surface area contributed by atoms with Gasteiger partial charge in [-0.15, -0.1) is 11.8 Å². The molecule has 3 rings (SSSR count). The van der Waals surface area contributed by atoms with Gasteiger partial charge in [-0.3, -0.25) is 4.79 Å². The third-order valence-electron chi connectivity index (χ3n) is 3.05. The fraction of sp³-hybridized carbons (Fsp3) is 0.462. The number of carbonyl (C=O) groups is 1. The topological polar surface area (TPSA) is 26.3 Å². The van der Waals surface area contributed by atoms with Crippen LogP contribution >= 0.6 is 11.8 Å². The summed E-state index contributed by atoms with van der Waals surface area (Å²) >= 11 is 1.73. The second kappa shape index (κ2) is 4.13. The van der Waals surface area contributed by atoms with Crippen LogP contribution in [0.5, 0.6) is 5.75 Å². The van der Waals surface area contributed by atoms with Gasteiger partial charge in [0.1, 0.15) is 5.75 Å². The minimum Gasteiger partial charge on any atom is -0.481 e. The monoisotopic (exact) mass is 234 g/mol. The number of carbonyl (C=O) groups excluding carboxylic acids is 1. The Morgan fingerprint density at radius 3 is 3.00 bits per heavy atom. The second-order valence-electron chi connectivity index (χ2n) is 4.48. The van der Waals surface area contributed by atoms with E-state index in [1.807, 2.05) is 24.3 Å². The summed E-state index contributed by atoms with van der Waals surface area (Å²) in [5.41, 5.74) is 0. The third-order valence-corrected chi connectivity index (χ3v) is 4.17. The Bertz CT molecular complexity index is 412. The Hall–Kier alpha value is -0.960. The van der Waals surface area contributed by atoms with Crippen molar-refractivity contribution in [2.24, 2.45) is 5.92 Å². The number of hydrogen-bond acceptors (Lipinski definition) is 3. The van der Waals surface area contributed by atoms with Crippen LogP contribution in [0.1, 0.15) is 19.3 Å². The molecule has 0 N–H and O–H groups in total. The maximum Gasteiger partial charge on any atom is 0.174 e. The average Bonchev–Trinajstić information content (AvgIpc) is 3.12. The van der Waals surface area contributed by atoms with Gasteiger partial charge in [-0.1, -0.05) is 12.1 Å². The van der Waals surface area contributed by atoms with Crippen LogP contribution in [0.25, 0.3) is 0 Å². The number of fused-ring (bicyclic) bond motifs is 1. The predicted octanol–water partition coefficient (Wildman–Crippen LogP) is 2.91. The lowest BCUT2D eigenvalue weighted by Gasteiger charge is -2.24. The van der Waals surface area contributed by atoms with Crippen LogP contribution in [-0.2, 0) is 4.79 Å². The molecule has 1 fully saturated rings. The highest BCUT2D eigenvalue weighted by atomic mass is 32.2. The highest BCUT2D eigenvalue weighted by molar-refractivity contribution is 7.99. The van der Waals surface area contributed by atoms with Crippen molar-refractivity contribution >= 4 is 17.5 Å². The number of thioether (sulfide) groups is 1. The van der Waals surface area contributed by atoms with Crippen molar-refractivity contribution in [3.8, 4) is 5.75 Å². The van der Waals surface area contributed by atoms with E-state index in [0.29, 0.717) is 12.3 Å². The average molecular weight is 234 g/mol. The molecule has 1 aliphatic heterocycles. The van der Waals surface area contributed by atoms with Crippen molar-refractivity contribution in [3.63, 3.8) is 0 Å². The summed E-state index contributed by atoms with van der Waals surface area (Å²) in [6.45, 7) is 0. The lowest BCUT2D eigenvalue weighted by Crippen LogP contribution is -2.32. The quantitative estimate of drug-likeness (QED) is 0.804. The van der Waals surface area contributed by atoms with E-state index in [4.69, 9.17) is 4.74 Å². The number of benzene rings is 1. The maximum absolute atomic E-state index is 11.9. The minimum absolute atomic E-state index is 0.222. The first-order valence-corrected chi connectivity index (χ1v) is 6.72. The molecule has 3 heteroatoms. The van der Waals surface area contributed by atoms with E-state index in [0.717, 1.165) is 16.4 Å². The summed E-state index contributed by atoms with van der Waals surface area (Å²) in [5.74, 6) is 2.57. The minimum atomic E-state index is -0.222. The number of hydrogen-bond donors (Lipinski definition) is 0. The van der Waals surface area contributed by atoms with Gasteiger partial charge in [-0.2, -0.15) is 0 Å². The Morgan fingerprint density at radius 2 is 2.19 bits per heavy atom. The van der Waals surface area contributed by atoms with Crippen LogP contribution in [0.2, 0.25) is 0 Å². The Kier molecular flexibility index (Phi) is 2.64. The summed E-state index contributed by atoms with van der Waals surface area (Å²) in [6, 6.07) is 7.94. The van der Waals surface area contributed by atoms with Crippen LogP contribution in [0.15, 0.2) is 29.2 Å². The maximum atomic E-state index is 11.9. The second-order valence-corrected chi connectivity index (χ2v) is 5.54. The first-order valence-electron chi connectivity index (χ1n) is 5.74. The van der Waals surface area contributed by atoms with Gasteiger partial charge < -0.3 is 4.74 Å². The van der Waals surface area contributed by atoms with Gasteiger partial charge in [0.15, 0.2) is 11.9 Å². The molecule has 1 unspecified atom stereocenters. The smallest absolute Gasteiger partial charge is 0.174 e. The van der Waals surface area contributed by atoms with Crippen LogP contribution in [-0.4, -0.2) is 17.6 Å². The van der Waals surface area contributed by atoms with Gasteiger partial charge in [0.05, 0.1) is 0 Å².